The average molecular weight is 504 g/mol. The number of hydrogen-bond donors (Lipinski definition) is 1. The summed E-state index contributed by atoms with van der Waals surface area (Å²) in [4.78, 5) is 28.7. The van der Waals surface area contributed by atoms with Crippen LogP contribution in [-0.4, -0.2) is 57.6 Å². The van der Waals surface area contributed by atoms with E-state index >= 15 is 0 Å². The fraction of sp³-hybridized carbons (Fsp3) is 0.577. The summed E-state index contributed by atoms with van der Waals surface area (Å²) in [6.07, 6.45) is 2.37. The maximum absolute atomic E-state index is 13.8. The van der Waals surface area contributed by atoms with Crippen molar-refractivity contribution in [2.24, 2.45) is 5.73 Å². The van der Waals surface area contributed by atoms with Crippen molar-refractivity contribution in [1.29, 1.82) is 0 Å². The summed E-state index contributed by atoms with van der Waals surface area (Å²) in [6.45, 7) is 2.74. The molecule has 0 bridgehead atoms. The standard InChI is InChI=1S/C26H32F3N5O2/c27-26(28,29)21-5-2-1-4-19(21)22-6-3-12-33(22)25(36)20-16-31-34(24(20)17-7-8-17)18-9-13-32(14-10-18)15-11-23(30)35/h1-2,4-5,16-18,22H,3,6-15H2,(H2,30,35). The van der Waals surface area contributed by atoms with E-state index in [0.29, 0.717) is 37.9 Å². The smallest absolute Gasteiger partial charge is 0.370 e. The molecule has 2 aliphatic heterocycles. The van der Waals surface area contributed by atoms with Gasteiger partial charge in [-0.15, -0.1) is 0 Å². The topological polar surface area (TPSA) is 84.5 Å². The molecule has 1 unspecified atom stereocenters. The van der Waals surface area contributed by atoms with Gasteiger partial charge in [-0.05, 0) is 50.2 Å². The van der Waals surface area contributed by atoms with E-state index in [9.17, 15) is 22.8 Å². The first-order chi connectivity index (χ1) is 17.2. The highest BCUT2D eigenvalue weighted by molar-refractivity contribution is 5.96. The highest BCUT2D eigenvalue weighted by Gasteiger charge is 2.41. The Hall–Kier alpha value is -2.88. The van der Waals surface area contributed by atoms with Crippen molar-refractivity contribution in [2.75, 3.05) is 26.2 Å². The maximum atomic E-state index is 13.8. The van der Waals surface area contributed by atoms with Crippen molar-refractivity contribution in [3.63, 3.8) is 0 Å². The molecule has 3 aliphatic rings. The molecule has 2 N–H and O–H groups in total. The summed E-state index contributed by atoms with van der Waals surface area (Å²) in [5.41, 5.74) is 6.24. The largest absolute Gasteiger partial charge is 0.416 e. The molecule has 1 aliphatic carbocycles. The molecular weight excluding hydrogens is 471 g/mol. The normalized spacial score (nSPS) is 21.8. The van der Waals surface area contributed by atoms with E-state index in [-0.39, 0.29) is 29.3 Å². The number of halogens is 3. The lowest BCUT2D eigenvalue weighted by atomic mass is 9.97. The molecular formula is C26H32F3N5O2. The van der Waals surface area contributed by atoms with Crippen LogP contribution in [0.1, 0.15) is 90.1 Å². The Bertz CT molecular complexity index is 1120. The zero-order chi connectivity index (χ0) is 25.4. The summed E-state index contributed by atoms with van der Waals surface area (Å²) in [7, 11) is 0. The van der Waals surface area contributed by atoms with Crippen molar-refractivity contribution >= 4 is 11.8 Å². The molecule has 2 amide bonds. The fourth-order valence-electron chi connectivity index (χ4n) is 5.78. The Kier molecular flexibility index (Phi) is 6.80. The number of nitrogens with two attached hydrogens (primary N) is 1. The number of aromatic nitrogens is 2. The van der Waals surface area contributed by atoms with Crippen LogP contribution in [0.25, 0.3) is 0 Å². The molecule has 0 spiro atoms. The maximum Gasteiger partial charge on any atom is 0.416 e. The quantitative estimate of drug-likeness (QED) is 0.612. The van der Waals surface area contributed by atoms with Gasteiger partial charge in [0.05, 0.1) is 35.1 Å². The van der Waals surface area contributed by atoms with Gasteiger partial charge >= 0.3 is 6.18 Å². The van der Waals surface area contributed by atoms with Crippen LogP contribution < -0.4 is 5.73 Å². The van der Waals surface area contributed by atoms with Gasteiger partial charge in [-0.3, -0.25) is 14.3 Å². The summed E-state index contributed by atoms with van der Waals surface area (Å²) in [5, 5.41) is 4.64. The molecule has 10 heteroatoms. The van der Waals surface area contributed by atoms with Gasteiger partial charge in [0, 0.05) is 38.5 Å². The average Bonchev–Trinajstić information content (AvgIpc) is 3.40. The van der Waals surface area contributed by atoms with Crippen LogP contribution in [0.3, 0.4) is 0 Å². The Balaban J connectivity index is 1.37. The number of piperidine rings is 1. The molecule has 1 aromatic carbocycles. The minimum Gasteiger partial charge on any atom is -0.370 e. The highest BCUT2D eigenvalue weighted by Crippen LogP contribution is 2.45. The van der Waals surface area contributed by atoms with Crippen LogP contribution >= 0.6 is 0 Å². The molecule has 1 saturated carbocycles. The Morgan fingerprint density at radius 1 is 1.03 bits per heavy atom. The number of alkyl halides is 3. The van der Waals surface area contributed by atoms with Crippen molar-refractivity contribution < 1.29 is 22.8 Å². The van der Waals surface area contributed by atoms with E-state index < -0.39 is 17.8 Å². The molecule has 36 heavy (non-hydrogen) atoms. The number of primary amides is 1. The number of rotatable bonds is 7. The van der Waals surface area contributed by atoms with Crippen LogP contribution in [0.5, 0.6) is 0 Å². The van der Waals surface area contributed by atoms with Gasteiger partial charge < -0.3 is 15.5 Å². The Morgan fingerprint density at radius 2 is 1.75 bits per heavy atom. The number of benzene rings is 1. The first kappa shape index (κ1) is 24.8. The molecule has 3 fully saturated rings. The van der Waals surface area contributed by atoms with Crippen LogP contribution in [0, 0.1) is 0 Å². The molecule has 2 saturated heterocycles. The lowest BCUT2D eigenvalue weighted by Crippen LogP contribution is -2.37. The highest BCUT2D eigenvalue weighted by atomic mass is 19.4. The van der Waals surface area contributed by atoms with E-state index in [2.05, 4.69) is 10.00 Å². The number of carbonyl (C=O) groups is 2. The lowest BCUT2D eigenvalue weighted by Gasteiger charge is -2.32. The zero-order valence-electron chi connectivity index (χ0n) is 20.2. The second kappa shape index (κ2) is 9.88. The fourth-order valence-corrected chi connectivity index (χ4v) is 5.78. The van der Waals surface area contributed by atoms with Gasteiger partial charge in [0.1, 0.15) is 0 Å². The Morgan fingerprint density at radius 3 is 2.42 bits per heavy atom. The number of amides is 2. The second-order valence-corrected chi connectivity index (χ2v) is 10.2. The minimum atomic E-state index is -4.47. The third-order valence-corrected chi connectivity index (χ3v) is 7.74. The van der Waals surface area contributed by atoms with Crippen LogP contribution in [0.2, 0.25) is 0 Å². The van der Waals surface area contributed by atoms with Crippen LogP contribution in [0.15, 0.2) is 30.5 Å². The van der Waals surface area contributed by atoms with E-state index in [1.54, 1.807) is 17.2 Å². The van der Waals surface area contributed by atoms with Crippen molar-refractivity contribution in [3.05, 3.63) is 52.8 Å². The van der Waals surface area contributed by atoms with E-state index in [1.807, 2.05) is 4.68 Å². The molecule has 1 aromatic heterocycles. The van der Waals surface area contributed by atoms with E-state index in [1.165, 1.54) is 12.1 Å². The first-order valence-electron chi connectivity index (χ1n) is 12.8. The van der Waals surface area contributed by atoms with Crippen molar-refractivity contribution in [3.8, 4) is 0 Å². The van der Waals surface area contributed by atoms with E-state index in [4.69, 9.17) is 5.73 Å². The molecule has 7 nitrogen and oxygen atoms in total. The molecule has 2 aromatic rings. The molecule has 194 valence electrons. The van der Waals surface area contributed by atoms with Crippen molar-refractivity contribution in [2.45, 2.75) is 69.1 Å². The minimum absolute atomic E-state index is 0.160. The first-order valence-corrected chi connectivity index (χ1v) is 12.8. The van der Waals surface area contributed by atoms with Gasteiger partial charge in [-0.25, -0.2) is 0 Å². The number of nitrogens with zero attached hydrogens (tertiary/aromatic N) is 4. The monoisotopic (exact) mass is 503 g/mol. The van der Waals surface area contributed by atoms with Crippen LogP contribution in [-0.2, 0) is 11.0 Å². The van der Waals surface area contributed by atoms with Crippen molar-refractivity contribution in [1.82, 2.24) is 19.6 Å². The van der Waals surface area contributed by atoms with Gasteiger partial charge in [0.2, 0.25) is 5.91 Å². The van der Waals surface area contributed by atoms with Gasteiger partial charge in [0.15, 0.2) is 0 Å². The summed E-state index contributed by atoms with van der Waals surface area (Å²) < 4.78 is 43.1. The van der Waals surface area contributed by atoms with Gasteiger partial charge in [-0.1, -0.05) is 18.2 Å². The Labute approximate surface area is 208 Å². The molecule has 5 rings (SSSR count). The van der Waals surface area contributed by atoms with Crippen LogP contribution in [0.4, 0.5) is 13.2 Å². The summed E-state index contributed by atoms with van der Waals surface area (Å²) in [6, 6.07) is 5.15. The molecule has 3 heterocycles. The van der Waals surface area contributed by atoms with Gasteiger partial charge in [0.25, 0.3) is 5.91 Å². The molecule has 0 radical (unpaired) electrons. The lowest BCUT2D eigenvalue weighted by molar-refractivity contribution is -0.138. The summed E-state index contributed by atoms with van der Waals surface area (Å²) in [5.74, 6) is -0.258. The number of likely N-dealkylation sites (tertiary alicyclic amines) is 2. The second-order valence-electron chi connectivity index (χ2n) is 10.2. The van der Waals surface area contributed by atoms with Gasteiger partial charge in [-0.2, -0.15) is 18.3 Å². The SMILES string of the molecule is NC(=O)CCN1CCC(n2ncc(C(=O)N3CCCC3c3ccccc3C(F)(F)F)c2C2CC2)CC1. The third-order valence-electron chi connectivity index (χ3n) is 7.74. The van der Waals surface area contributed by atoms with E-state index in [0.717, 1.165) is 50.5 Å². The summed E-state index contributed by atoms with van der Waals surface area (Å²) >= 11 is 0. The zero-order valence-corrected chi connectivity index (χ0v) is 20.2. The number of hydrogen-bond acceptors (Lipinski definition) is 4. The third kappa shape index (κ3) is 5.00. The predicted octanol–water partition coefficient (Wildman–Crippen LogP) is 4.27. The molecule has 1 atom stereocenters. The number of carbonyl (C=O) groups excluding carboxylic acids is 2. The predicted molar refractivity (Wildman–Crippen MR) is 127 cm³/mol.